The van der Waals surface area contributed by atoms with E-state index in [2.05, 4.69) is 17.1 Å². The highest BCUT2D eigenvalue weighted by molar-refractivity contribution is 5.86. The van der Waals surface area contributed by atoms with Crippen LogP contribution in [0.1, 0.15) is 22.7 Å². The summed E-state index contributed by atoms with van der Waals surface area (Å²) in [6.45, 7) is 2.01. The van der Waals surface area contributed by atoms with Crippen LogP contribution in [0, 0.1) is 18.3 Å². The summed E-state index contributed by atoms with van der Waals surface area (Å²) in [5, 5.41) is 10.7. The standard InChI is InChI=1S/C17H15N3/c1-11-17(14-4-2-3-5-16(14)20-11)15(10-18)12-6-8-13(19)9-7-12/h2-9,15,20H,19H2,1H3. The molecule has 1 heterocycles. The van der Waals surface area contributed by atoms with Gasteiger partial charge in [0, 0.05) is 27.8 Å². The molecule has 0 saturated carbocycles. The molecule has 0 fully saturated rings. The summed E-state index contributed by atoms with van der Waals surface area (Å²) in [5.41, 5.74) is 10.5. The number of nitrogen functional groups attached to an aromatic ring is 1. The molecule has 1 atom stereocenters. The second-order valence-corrected chi connectivity index (χ2v) is 4.94. The Labute approximate surface area is 117 Å². The molecular formula is C17H15N3. The van der Waals surface area contributed by atoms with E-state index in [-0.39, 0.29) is 5.92 Å². The molecule has 3 heteroatoms. The van der Waals surface area contributed by atoms with Crippen molar-refractivity contribution in [3.63, 3.8) is 0 Å². The molecule has 0 amide bonds. The number of aromatic amines is 1. The number of H-pyrrole nitrogens is 1. The fraction of sp³-hybridized carbons (Fsp3) is 0.118. The van der Waals surface area contributed by atoms with Gasteiger partial charge in [-0.2, -0.15) is 5.26 Å². The summed E-state index contributed by atoms with van der Waals surface area (Å²) < 4.78 is 0. The van der Waals surface area contributed by atoms with Crippen LogP contribution in [0.5, 0.6) is 0 Å². The molecule has 20 heavy (non-hydrogen) atoms. The Morgan fingerprint density at radius 1 is 1.10 bits per heavy atom. The normalized spacial score (nSPS) is 12.2. The number of benzene rings is 2. The van der Waals surface area contributed by atoms with Crippen molar-refractivity contribution >= 4 is 16.6 Å². The van der Waals surface area contributed by atoms with E-state index in [4.69, 9.17) is 5.73 Å². The number of rotatable bonds is 2. The Bertz CT molecular complexity index is 791. The van der Waals surface area contributed by atoms with Crippen LogP contribution in [-0.2, 0) is 0 Å². The van der Waals surface area contributed by atoms with Gasteiger partial charge in [0.15, 0.2) is 0 Å². The molecule has 3 rings (SSSR count). The maximum absolute atomic E-state index is 9.61. The van der Waals surface area contributed by atoms with Crippen LogP contribution in [0.3, 0.4) is 0 Å². The lowest BCUT2D eigenvalue weighted by molar-refractivity contribution is 1.02. The Kier molecular flexibility index (Phi) is 2.92. The molecule has 0 aliphatic heterocycles. The number of nitrogens with zero attached hydrogens (tertiary/aromatic N) is 1. The minimum Gasteiger partial charge on any atom is -0.399 e. The highest BCUT2D eigenvalue weighted by atomic mass is 14.7. The fourth-order valence-electron chi connectivity index (χ4n) is 2.66. The number of nitriles is 1. The zero-order valence-electron chi connectivity index (χ0n) is 11.2. The van der Waals surface area contributed by atoms with Gasteiger partial charge in [0.25, 0.3) is 0 Å². The van der Waals surface area contributed by atoms with Gasteiger partial charge in [-0.3, -0.25) is 0 Å². The second-order valence-electron chi connectivity index (χ2n) is 4.94. The van der Waals surface area contributed by atoms with Crippen LogP contribution < -0.4 is 5.73 Å². The molecule has 98 valence electrons. The summed E-state index contributed by atoms with van der Waals surface area (Å²) in [6.07, 6.45) is 0. The molecule has 0 saturated heterocycles. The predicted molar refractivity (Wildman–Crippen MR) is 81.3 cm³/mol. The van der Waals surface area contributed by atoms with Gasteiger partial charge in [0.05, 0.1) is 12.0 Å². The molecule has 3 nitrogen and oxygen atoms in total. The molecule has 3 N–H and O–H groups in total. The third-order valence-electron chi connectivity index (χ3n) is 3.63. The highest BCUT2D eigenvalue weighted by Gasteiger charge is 2.20. The summed E-state index contributed by atoms with van der Waals surface area (Å²) in [4.78, 5) is 3.35. The van der Waals surface area contributed by atoms with Crippen molar-refractivity contribution in [2.24, 2.45) is 0 Å². The van der Waals surface area contributed by atoms with Gasteiger partial charge in [0.1, 0.15) is 0 Å². The van der Waals surface area contributed by atoms with E-state index in [0.717, 1.165) is 27.7 Å². The maximum Gasteiger partial charge on any atom is 0.0985 e. The van der Waals surface area contributed by atoms with Gasteiger partial charge in [-0.25, -0.2) is 0 Å². The van der Waals surface area contributed by atoms with Gasteiger partial charge in [-0.05, 0) is 30.7 Å². The van der Waals surface area contributed by atoms with Gasteiger partial charge in [-0.15, -0.1) is 0 Å². The first-order valence-electron chi connectivity index (χ1n) is 6.53. The van der Waals surface area contributed by atoms with Gasteiger partial charge < -0.3 is 10.7 Å². The third kappa shape index (κ3) is 1.92. The lowest BCUT2D eigenvalue weighted by Gasteiger charge is -2.10. The van der Waals surface area contributed by atoms with E-state index in [1.165, 1.54) is 0 Å². The zero-order chi connectivity index (χ0) is 14.1. The number of aromatic nitrogens is 1. The van der Waals surface area contributed by atoms with Crippen LogP contribution in [0.25, 0.3) is 10.9 Å². The Morgan fingerprint density at radius 2 is 1.80 bits per heavy atom. The van der Waals surface area contributed by atoms with E-state index in [1.807, 2.05) is 49.4 Å². The Hall–Kier alpha value is -2.73. The van der Waals surface area contributed by atoms with Crippen LogP contribution in [0.2, 0.25) is 0 Å². The average Bonchev–Trinajstić information content (AvgIpc) is 2.79. The molecule has 0 bridgehead atoms. The molecule has 0 aliphatic rings. The number of anilines is 1. The first-order chi connectivity index (χ1) is 9.70. The minimum atomic E-state index is -0.285. The van der Waals surface area contributed by atoms with E-state index < -0.39 is 0 Å². The summed E-state index contributed by atoms with van der Waals surface area (Å²) in [5.74, 6) is -0.285. The minimum absolute atomic E-state index is 0.285. The van der Waals surface area contributed by atoms with E-state index in [9.17, 15) is 5.26 Å². The lowest BCUT2D eigenvalue weighted by Crippen LogP contribution is -2.00. The number of nitrogens with two attached hydrogens (primary N) is 1. The largest absolute Gasteiger partial charge is 0.399 e. The number of hydrogen-bond donors (Lipinski definition) is 2. The van der Waals surface area contributed by atoms with Gasteiger partial charge in [-0.1, -0.05) is 30.3 Å². The summed E-state index contributed by atoms with van der Waals surface area (Å²) in [7, 11) is 0. The van der Waals surface area contributed by atoms with E-state index >= 15 is 0 Å². The van der Waals surface area contributed by atoms with Crippen LogP contribution in [-0.4, -0.2) is 4.98 Å². The molecule has 1 unspecified atom stereocenters. The topological polar surface area (TPSA) is 65.6 Å². The zero-order valence-corrected chi connectivity index (χ0v) is 11.2. The SMILES string of the molecule is Cc1[nH]c2ccccc2c1C(C#N)c1ccc(N)cc1. The number of fused-ring (bicyclic) bond motifs is 1. The van der Waals surface area contributed by atoms with E-state index in [1.54, 1.807) is 0 Å². The fourth-order valence-corrected chi connectivity index (χ4v) is 2.66. The number of aryl methyl sites for hydroxylation is 1. The first-order valence-corrected chi connectivity index (χ1v) is 6.53. The summed E-state index contributed by atoms with van der Waals surface area (Å²) in [6, 6.07) is 18.0. The molecule has 0 aliphatic carbocycles. The molecular weight excluding hydrogens is 246 g/mol. The molecule has 0 spiro atoms. The van der Waals surface area contributed by atoms with Crippen molar-refractivity contribution in [3.05, 3.63) is 65.4 Å². The Morgan fingerprint density at radius 3 is 2.50 bits per heavy atom. The lowest BCUT2D eigenvalue weighted by atomic mass is 9.90. The highest BCUT2D eigenvalue weighted by Crippen LogP contribution is 2.33. The predicted octanol–water partition coefficient (Wildman–Crippen LogP) is 3.71. The molecule has 2 aromatic carbocycles. The van der Waals surface area contributed by atoms with Crippen molar-refractivity contribution in [2.75, 3.05) is 5.73 Å². The number of nitrogens with one attached hydrogen (secondary N) is 1. The summed E-state index contributed by atoms with van der Waals surface area (Å²) >= 11 is 0. The van der Waals surface area contributed by atoms with Crippen molar-refractivity contribution in [1.82, 2.24) is 4.98 Å². The van der Waals surface area contributed by atoms with Crippen molar-refractivity contribution < 1.29 is 0 Å². The van der Waals surface area contributed by atoms with E-state index in [0.29, 0.717) is 5.69 Å². The quantitative estimate of drug-likeness (QED) is 0.690. The number of para-hydroxylation sites is 1. The average molecular weight is 261 g/mol. The van der Waals surface area contributed by atoms with Crippen LogP contribution in [0.15, 0.2) is 48.5 Å². The van der Waals surface area contributed by atoms with Crippen LogP contribution >= 0.6 is 0 Å². The van der Waals surface area contributed by atoms with Crippen molar-refractivity contribution in [1.29, 1.82) is 5.26 Å². The molecule has 1 aromatic heterocycles. The number of hydrogen-bond acceptors (Lipinski definition) is 2. The smallest absolute Gasteiger partial charge is 0.0985 e. The second kappa shape index (κ2) is 4.75. The molecule has 3 aromatic rings. The van der Waals surface area contributed by atoms with Gasteiger partial charge >= 0.3 is 0 Å². The van der Waals surface area contributed by atoms with Crippen LogP contribution in [0.4, 0.5) is 5.69 Å². The molecule has 0 radical (unpaired) electrons. The van der Waals surface area contributed by atoms with Gasteiger partial charge in [0.2, 0.25) is 0 Å². The monoisotopic (exact) mass is 261 g/mol. The first kappa shape index (κ1) is 12.3. The van der Waals surface area contributed by atoms with Crippen molar-refractivity contribution in [3.8, 4) is 6.07 Å². The third-order valence-corrected chi connectivity index (χ3v) is 3.63. The van der Waals surface area contributed by atoms with Crippen molar-refractivity contribution in [2.45, 2.75) is 12.8 Å². The maximum atomic E-state index is 9.61. The Balaban J connectivity index is 2.19.